The third-order valence-electron chi connectivity index (χ3n) is 6.00. The minimum atomic E-state index is 0.0441. The molecule has 0 bridgehead atoms. The van der Waals surface area contributed by atoms with E-state index in [1.165, 1.54) is 0 Å². The number of amides is 2. The number of hydrogen-bond acceptors (Lipinski definition) is 5. The second-order valence-electron chi connectivity index (χ2n) is 7.83. The molecule has 2 heterocycles. The molecular weight excluding hydrogens is 386 g/mol. The molecule has 4 rings (SSSR count). The van der Waals surface area contributed by atoms with E-state index in [-0.39, 0.29) is 17.7 Å². The second kappa shape index (κ2) is 8.61. The Morgan fingerprint density at radius 3 is 2.41 bits per heavy atom. The number of rotatable bonds is 5. The summed E-state index contributed by atoms with van der Waals surface area (Å²) in [6.07, 6.45) is 3.21. The van der Waals surface area contributed by atoms with Crippen LogP contribution in [-0.2, 0) is 10.5 Å². The molecule has 0 spiro atoms. The minimum absolute atomic E-state index is 0.0441. The summed E-state index contributed by atoms with van der Waals surface area (Å²) in [6.45, 7) is 6.32. The zero-order valence-corrected chi connectivity index (χ0v) is 17.8. The number of benzene rings is 1. The summed E-state index contributed by atoms with van der Waals surface area (Å²) in [4.78, 5) is 30.4. The molecule has 0 atom stereocenters. The number of piperazine rings is 1. The van der Waals surface area contributed by atoms with E-state index < -0.39 is 0 Å². The van der Waals surface area contributed by atoms with E-state index in [0.29, 0.717) is 26.2 Å². The first-order valence-corrected chi connectivity index (χ1v) is 11.2. The summed E-state index contributed by atoms with van der Waals surface area (Å²) in [5.74, 6) is 2.08. The fraction of sp³-hybridized carbons (Fsp3) is 0.500. The lowest BCUT2D eigenvalue weighted by Gasteiger charge is -2.38. The van der Waals surface area contributed by atoms with Gasteiger partial charge in [-0.15, -0.1) is 11.8 Å². The van der Waals surface area contributed by atoms with Crippen molar-refractivity contribution in [3.05, 3.63) is 46.8 Å². The first-order chi connectivity index (χ1) is 14.0. The quantitative estimate of drug-likeness (QED) is 0.700. The molecule has 2 aromatic rings. The van der Waals surface area contributed by atoms with Crippen LogP contribution in [-0.4, -0.2) is 52.9 Å². The number of hydrogen-bond donors (Lipinski definition) is 0. The summed E-state index contributed by atoms with van der Waals surface area (Å²) in [7, 11) is 0. The van der Waals surface area contributed by atoms with Gasteiger partial charge < -0.3 is 14.3 Å². The average Bonchev–Trinajstić information content (AvgIpc) is 3.02. The van der Waals surface area contributed by atoms with Crippen molar-refractivity contribution in [1.29, 1.82) is 0 Å². The lowest BCUT2D eigenvalue weighted by molar-refractivity contribution is -0.139. The van der Waals surface area contributed by atoms with Gasteiger partial charge in [0.25, 0.3) is 5.91 Å². The van der Waals surface area contributed by atoms with Crippen LogP contribution in [0.15, 0.2) is 33.7 Å². The average molecular weight is 414 g/mol. The molecule has 2 aliphatic rings. The molecule has 7 heteroatoms. The van der Waals surface area contributed by atoms with Crippen LogP contribution in [0.5, 0.6) is 0 Å². The largest absolute Gasteiger partial charge is 0.361 e. The van der Waals surface area contributed by atoms with Crippen LogP contribution in [0.1, 0.15) is 46.6 Å². The monoisotopic (exact) mass is 413 g/mol. The van der Waals surface area contributed by atoms with Crippen LogP contribution in [0.2, 0.25) is 0 Å². The molecule has 29 heavy (non-hydrogen) atoms. The molecular formula is C22H27N3O3S. The highest BCUT2D eigenvalue weighted by Crippen LogP contribution is 2.31. The highest BCUT2D eigenvalue weighted by Gasteiger charge is 2.32. The third kappa shape index (κ3) is 4.20. The Morgan fingerprint density at radius 1 is 1.10 bits per heavy atom. The molecule has 1 aliphatic heterocycles. The standard InChI is InChI=1S/C22H27N3O3S/c1-15-19(16(2)28-23-15)14-29-20-9-4-3-8-18(20)22(27)25-12-10-24(11-13-25)21(26)17-6-5-7-17/h3-4,8-9,17H,5-7,10-14H2,1-2H3. The SMILES string of the molecule is Cc1noc(C)c1CSc1ccccc1C(=O)N1CCN(C(=O)C2CCC2)CC1. The Morgan fingerprint density at radius 2 is 1.79 bits per heavy atom. The molecule has 1 saturated carbocycles. The summed E-state index contributed by atoms with van der Waals surface area (Å²) < 4.78 is 5.24. The fourth-order valence-electron chi connectivity index (χ4n) is 3.84. The van der Waals surface area contributed by atoms with Crippen LogP contribution in [0, 0.1) is 19.8 Å². The number of carbonyl (C=O) groups excluding carboxylic acids is 2. The van der Waals surface area contributed by atoms with Gasteiger partial charge in [-0.05, 0) is 38.8 Å². The highest BCUT2D eigenvalue weighted by atomic mass is 32.2. The fourth-order valence-corrected chi connectivity index (χ4v) is 5.04. The molecule has 154 valence electrons. The Hall–Kier alpha value is -2.28. The van der Waals surface area contributed by atoms with E-state index >= 15 is 0 Å². The number of aromatic nitrogens is 1. The van der Waals surface area contributed by atoms with Crippen molar-refractivity contribution in [3.63, 3.8) is 0 Å². The molecule has 1 aliphatic carbocycles. The van der Waals surface area contributed by atoms with Crippen molar-refractivity contribution < 1.29 is 14.1 Å². The van der Waals surface area contributed by atoms with Crippen molar-refractivity contribution in [3.8, 4) is 0 Å². The van der Waals surface area contributed by atoms with E-state index in [4.69, 9.17) is 4.52 Å². The van der Waals surface area contributed by atoms with Gasteiger partial charge in [-0.3, -0.25) is 9.59 Å². The molecule has 2 fully saturated rings. The van der Waals surface area contributed by atoms with Crippen molar-refractivity contribution in [2.75, 3.05) is 26.2 Å². The molecule has 0 unspecified atom stereocenters. The molecule has 0 N–H and O–H groups in total. The Bertz CT molecular complexity index is 879. The Kier molecular flexibility index (Phi) is 5.94. The van der Waals surface area contributed by atoms with Crippen LogP contribution in [0.25, 0.3) is 0 Å². The van der Waals surface area contributed by atoms with Gasteiger partial charge in [0.2, 0.25) is 5.91 Å². The second-order valence-corrected chi connectivity index (χ2v) is 8.85. The zero-order valence-electron chi connectivity index (χ0n) is 17.0. The maximum Gasteiger partial charge on any atom is 0.255 e. The minimum Gasteiger partial charge on any atom is -0.361 e. The number of nitrogens with zero attached hydrogens (tertiary/aromatic N) is 3. The first-order valence-electron chi connectivity index (χ1n) is 10.3. The van der Waals surface area contributed by atoms with Gasteiger partial charge in [0.05, 0.1) is 11.3 Å². The molecule has 6 nitrogen and oxygen atoms in total. The van der Waals surface area contributed by atoms with Crippen LogP contribution < -0.4 is 0 Å². The van der Waals surface area contributed by atoms with Crippen molar-refractivity contribution >= 4 is 23.6 Å². The smallest absolute Gasteiger partial charge is 0.255 e. The molecule has 0 radical (unpaired) electrons. The summed E-state index contributed by atoms with van der Waals surface area (Å²) in [5, 5.41) is 4.01. The summed E-state index contributed by atoms with van der Waals surface area (Å²) in [5.41, 5.74) is 2.70. The first kappa shape index (κ1) is 20.0. The van der Waals surface area contributed by atoms with Crippen molar-refractivity contribution in [1.82, 2.24) is 15.0 Å². The maximum absolute atomic E-state index is 13.2. The van der Waals surface area contributed by atoms with E-state index in [9.17, 15) is 9.59 Å². The summed E-state index contributed by atoms with van der Waals surface area (Å²) >= 11 is 1.63. The van der Waals surface area contributed by atoms with Gasteiger partial charge in [0.1, 0.15) is 5.76 Å². The third-order valence-corrected chi connectivity index (χ3v) is 7.10. The molecule has 1 aromatic carbocycles. The van der Waals surface area contributed by atoms with Crippen LogP contribution >= 0.6 is 11.8 Å². The number of aryl methyl sites for hydroxylation is 2. The van der Waals surface area contributed by atoms with E-state index in [1.54, 1.807) is 11.8 Å². The zero-order chi connectivity index (χ0) is 20.4. The van der Waals surface area contributed by atoms with Gasteiger partial charge >= 0.3 is 0 Å². The molecule has 2 amide bonds. The normalized spacial score (nSPS) is 17.3. The predicted octanol–water partition coefficient (Wildman–Crippen LogP) is 3.67. The van der Waals surface area contributed by atoms with Gasteiger partial charge in [0.15, 0.2) is 0 Å². The molecule has 1 saturated heterocycles. The Labute approximate surface area is 175 Å². The van der Waals surface area contributed by atoms with Gasteiger partial charge in [0, 0.05) is 48.3 Å². The van der Waals surface area contributed by atoms with E-state index in [1.807, 2.05) is 47.9 Å². The maximum atomic E-state index is 13.2. The number of carbonyl (C=O) groups is 2. The van der Waals surface area contributed by atoms with E-state index in [0.717, 1.165) is 52.5 Å². The van der Waals surface area contributed by atoms with Gasteiger partial charge in [-0.1, -0.05) is 23.7 Å². The lowest BCUT2D eigenvalue weighted by atomic mass is 9.84. The van der Waals surface area contributed by atoms with Crippen LogP contribution in [0.3, 0.4) is 0 Å². The van der Waals surface area contributed by atoms with Crippen LogP contribution in [0.4, 0.5) is 0 Å². The molecule has 1 aromatic heterocycles. The van der Waals surface area contributed by atoms with E-state index in [2.05, 4.69) is 5.16 Å². The summed E-state index contributed by atoms with van der Waals surface area (Å²) in [6, 6.07) is 7.75. The highest BCUT2D eigenvalue weighted by molar-refractivity contribution is 7.98. The van der Waals surface area contributed by atoms with Crippen molar-refractivity contribution in [2.24, 2.45) is 5.92 Å². The van der Waals surface area contributed by atoms with Gasteiger partial charge in [-0.2, -0.15) is 0 Å². The lowest BCUT2D eigenvalue weighted by Crippen LogP contribution is -2.52. The van der Waals surface area contributed by atoms with Gasteiger partial charge in [-0.25, -0.2) is 0 Å². The Balaban J connectivity index is 1.39. The topological polar surface area (TPSA) is 66.7 Å². The predicted molar refractivity (Wildman–Crippen MR) is 112 cm³/mol. The van der Waals surface area contributed by atoms with Crippen molar-refractivity contribution in [2.45, 2.75) is 43.8 Å². The number of thioether (sulfide) groups is 1.